The van der Waals surface area contributed by atoms with Crippen molar-refractivity contribution in [3.63, 3.8) is 0 Å². The maximum atomic E-state index is 12.0. The number of halogens is 4. The first kappa shape index (κ1) is 11.9. The molecular formula is C7H7ClF3N3O. The molecule has 1 aromatic heterocycles. The predicted molar refractivity (Wildman–Crippen MR) is 48.2 cm³/mol. The summed E-state index contributed by atoms with van der Waals surface area (Å²) in [6, 6.07) is 1.17. The van der Waals surface area contributed by atoms with E-state index in [0.29, 0.717) is 0 Å². The number of hydrogen-bond donors (Lipinski definition) is 2. The van der Waals surface area contributed by atoms with Crippen LogP contribution in [0.25, 0.3) is 0 Å². The Morgan fingerprint density at radius 3 is 2.53 bits per heavy atom. The highest BCUT2D eigenvalue weighted by Gasteiger charge is 2.33. The number of rotatable bonds is 2. The number of nitrogens with zero attached hydrogens (tertiary/aromatic N) is 1. The molecule has 15 heavy (non-hydrogen) atoms. The Balaban J connectivity index is 3.15. The van der Waals surface area contributed by atoms with Gasteiger partial charge < -0.3 is 16.2 Å². The summed E-state index contributed by atoms with van der Waals surface area (Å²) in [4.78, 5) is 3.43. The Morgan fingerprint density at radius 2 is 2.07 bits per heavy atom. The minimum Gasteiger partial charge on any atom is -0.401 e. The van der Waals surface area contributed by atoms with Gasteiger partial charge in [0.05, 0.1) is 0 Å². The largest absolute Gasteiger partial charge is 0.573 e. The van der Waals surface area contributed by atoms with Crippen molar-refractivity contribution in [2.75, 3.05) is 5.73 Å². The maximum Gasteiger partial charge on any atom is 0.573 e. The number of pyridine rings is 1. The van der Waals surface area contributed by atoms with Crippen LogP contribution in [-0.4, -0.2) is 11.3 Å². The molecule has 0 aromatic carbocycles. The molecule has 0 aliphatic rings. The third-order valence-electron chi connectivity index (χ3n) is 1.48. The van der Waals surface area contributed by atoms with Gasteiger partial charge in [-0.1, -0.05) is 11.6 Å². The van der Waals surface area contributed by atoms with Crippen molar-refractivity contribution in [1.29, 1.82) is 0 Å². The number of anilines is 1. The Morgan fingerprint density at radius 1 is 1.47 bits per heavy atom. The number of aromatic nitrogens is 1. The van der Waals surface area contributed by atoms with Crippen LogP contribution in [0.3, 0.4) is 0 Å². The Hall–Kier alpha value is -1.21. The Kier molecular flexibility index (Phi) is 3.25. The van der Waals surface area contributed by atoms with Gasteiger partial charge in [0.1, 0.15) is 5.15 Å². The summed E-state index contributed by atoms with van der Waals surface area (Å²) in [5.74, 6) is -1.05. The lowest BCUT2D eigenvalue weighted by atomic mass is 10.2. The molecule has 0 saturated heterocycles. The van der Waals surface area contributed by atoms with E-state index in [-0.39, 0.29) is 17.3 Å². The van der Waals surface area contributed by atoms with Gasteiger partial charge in [0.2, 0.25) is 0 Å². The maximum absolute atomic E-state index is 12.0. The number of ether oxygens (including phenoxy) is 1. The van der Waals surface area contributed by atoms with E-state index in [1.807, 2.05) is 0 Å². The standard InChI is InChI=1S/C7H7ClF3N3O/c8-4-1-3(2-12)5(6(13)14-4)15-7(9,10)11/h1H,2,12H2,(H2,13,14). The molecule has 0 aliphatic carbocycles. The Bertz CT molecular complexity index is 369. The number of hydrogen-bond acceptors (Lipinski definition) is 4. The molecule has 0 unspecified atom stereocenters. The second kappa shape index (κ2) is 4.11. The normalized spacial score (nSPS) is 11.5. The van der Waals surface area contributed by atoms with Gasteiger partial charge in [-0.15, -0.1) is 13.2 Å². The van der Waals surface area contributed by atoms with Crippen molar-refractivity contribution in [3.8, 4) is 5.75 Å². The van der Waals surface area contributed by atoms with Crippen LogP contribution in [0.15, 0.2) is 6.07 Å². The number of nitrogens with two attached hydrogens (primary N) is 2. The van der Waals surface area contributed by atoms with Gasteiger partial charge in [0.15, 0.2) is 11.6 Å². The van der Waals surface area contributed by atoms with Gasteiger partial charge >= 0.3 is 6.36 Å². The van der Waals surface area contributed by atoms with E-state index >= 15 is 0 Å². The summed E-state index contributed by atoms with van der Waals surface area (Å²) in [6.45, 7) is -0.183. The molecule has 4 nitrogen and oxygen atoms in total. The topological polar surface area (TPSA) is 74.2 Å². The van der Waals surface area contributed by atoms with Crippen molar-refractivity contribution < 1.29 is 17.9 Å². The van der Waals surface area contributed by atoms with Gasteiger partial charge in [-0.3, -0.25) is 0 Å². The Labute approximate surface area is 88.0 Å². The summed E-state index contributed by atoms with van der Waals surface area (Å²) in [5.41, 5.74) is 10.5. The minimum absolute atomic E-state index is 0.0394. The van der Waals surface area contributed by atoms with Gasteiger partial charge in [-0.05, 0) is 6.07 Å². The van der Waals surface area contributed by atoms with E-state index in [2.05, 4.69) is 9.72 Å². The predicted octanol–water partition coefficient (Wildman–Crippen LogP) is 1.67. The zero-order valence-corrected chi connectivity index (χ0v) is 8.06. The second-order valence-corrected chi connectivity index (χ2v) is 2.96. The van der Waals surface area contributed by atoms with Crippen molar-refractivity contribution in [1.82, 2.24) is 4.98 Å². The van der Waals surface area contributed by atoms with Crippen molar-refractivity contribution in [2.24, 2.45) is 5.73 Å². The van der Waals surface area contributed by atoms with Crippen LogP contribution >= 0.6 is 11.6 Å². The fourth-order valence-corrected chi connectivity index (χ4v) is 1.18. The van der Waals surface area contributed by atoms with E-state index in [9.17, 15) is 13.2 Å². The fourth-order valence-electron chi connectivity index (χ4n) is 0.957. The first-order valence-electron chi connectivity index (χ1n) is 3.74. The molecule has 84 valence electrons. The zero-order valence-electron chi connectivity index (χ0n) is 7.31. The van der Waals surface area contributed by atoms with Crippen LogP contribution in [0.5, 0.6) is 5.75 Å². The number of alkyl halides is 3. The van der Waals surface area contributed by atoms with E-state index < -0.39 is 17.9 Å². The molecule has 1 rings (SSSR count). The molecule has 0 saturated carbocycles. The monoisotopic (exact) mass is 241 g/mol. The lowest BCUT2D eigenvalue weighted by Crippen LogP contribution is -2.20. The van der Waals surface area contributed by atoms with Crippen molar-refractivity contribution >= 4 is 17.4 Å². The average Bonchev–Trinajstić information content (AvgIpc) is 2.07. The highest BCUT2D eigenvalue weighted by molar-refractivity contribution is 6.29. The fraction of sp³-hybridized carbons (Fsp3) is 0.286. The van der Waals surface area contributed by atoms with Gasteiger partial charge in [-0.25, -0.2) is 4.98 Å². The van der Waals surface area contributed by atoms with Crippen LogP contribution in [0.4, 0.5) is 19.0 Å². The minimum atomic E-state index is -4.84. The lowest BCUT2D eigenvalue weighted by molar-refractivity contribution is -0.274. The van der Waals surface area contributed by atoms with Gasteiger partial charge in [-0.2, -0.15) is 0 Å². The molecule has 0 bridgehead atoms. The molecular weight excluding hydrogens is 235 g/mol. The molecule has 1 heterocycles. The average molecular weight is 242 g/mol. The molecule has 1 aromatic rings. The highest BCUT2D eigenvalue weighted by atomic mass is 35.5. The molecule has 0 fully saturated rings. The summed E-state index contributed by atoms with van der Waals surface area (Å²) in [5, 5.41) is -0.0394. The molecule has 0 spiro atoms. The third-order valence-corrected chi connectivity index (χ3v) is 1.68. The van der Waals surface area contributed by atoms with Crippen LogP contribution in [0, 0.1) is 0 Å². The third kappa shape index (κ3) is 3.14. The lowest BCUT2D eigenvalue weighted by Gasteiger charge is -2.13. The van der Waals surface area contributed by atoms with Gasteiger partial charge in [0, 0.05) is 12.1 Å². The molecule has 0 amide bonds. The van der Waals surface area contributed by atoms with Crippen molar-refractivity contribution in [3.05, 3.63) is 16.8 Å². The van der Waals surface area contributed by atoms with Crippen LogP contribution in [-0.2, 0) is 6.54 Å². The zero-order chi connectivity index (χ0) is 11.6. The van der Waals surface area contributed by atoms with Crippen LogP contribution in [0.2, 0.25) is 5.15 Å². The smallest absolute Gasteiger partial charge is 0.401 e. The molecule has 0 aliphatic heterocycles. The van der Waals surface area contributed by atoms with E-state index in [0.717, 1.165) is 0 Å². The number of nitrogen functional groups attached to an aromatic ring is 1. The molecule has 4 N–H and O–H groups in total. The van der Waals surface area contributed by atoms with Crippen LogP contribution < -0.4 is 16.2 Å². The van der Waals surface area contributed by atoms with E-state index in [4.69, 9.17) is 23.1 Å². The van der Waals surface area contributed by atoms with Gasteiger partial charge in [0.25, 0.3) is 0 Å². The van der Waals surface area contributed by atoms with E-state index in [1.165, 1.54) is 6.07 Å². The highest BCUT2D eigenvalue weighted by Crippen LogP contribution is 2.32. The molecule has 0 atom stereocenters. The van der Waals surface area contributed by atoms with Crippen molar-refractivity contribution in [2.45, 2.75) is 12.9 Å². The summed E-state index contributed by atoms with van der Waals surface area (Å²) >= 11 is 5.49. The van der Waals surface area contributed by atoms with Crippen LogP contribution in [0.1, 0.15) is 5.56 Å². The molecule has 0 radical (unpaired) electrons. The summed E-state index contributed by atoms with van der Waals surface area (Å²) in [6.07, 6.45) is -4.84. The summed E-state index contributed by atoms with van der Waals surface area (Å²) < 4.78 is 39.6. The first-order valence-corrected chi connectivity index (χ1v) is 4.12. The summed E-state index contributed by atoms with van der Waals surface area (Å²) in [7, 11) is 0. The van der Waals surface area contributed by atoms with E-state index in [1.54, 1.807) is 0 Å². The SMILES string of the molecule is NCc1cc(Cl)nc(N)c1OC(F)(F)F. The first-order chi connectivity index (χ1) is 6.83. The second-order valence-electron chi connectivity index (χ2n) is 2.57. The molecule has 8 heteroatoms. The quantitative estimate of drug-likeness (QED) is 0.773.